The van der Waals surface area contributed by atoms with E-state index in [1.54, 1.807) is 23.1 Å². The van der Waals surface area contributed by atoms with E-state index in [2.05, 4.69) is 44.4 Å². The summed E-state index contributed by atoms with van der Waals surface area (Å²) >= 11 is 3.45. The van der Waals surface area contributed by atoms with Crippen LogP contribution in [0.3, 0.4) is 0 Å². The number of benzene rings is 1. The van der Waals surface area contributed by atoms with Crippen molar-refractivity contribution >= 4 is 39.0 Å². The number of hydrogen-bond donors (Lipinski definition) is 0. The molecule has 0 unspecified atom stereocenters. The number of nitrogens with zero attached hydrogens (tertiary/aromatic N) is 5. The van der Waals surface area contributed by atoms with E-state index in [1.807, 2.05) is 36.5 Å². The van der Waals surface area contributed by atoms with Crippen LogP contribution in [-0.2, 0) is 13.6 Å². The van der Waals surface area contributed by atoms with E-state index in [-0.39, 0.29) is 0 Å². The molecule has 3 aromatic rings. The van der Waals surface area contributed by atoms with Crippen LogP contribution in [0.1, 0.15) is 11.1 Å². The number of aromatic nitrogens is 3. The minimum atomic E-state index is 0.791. The first-order chi connectivity index (χ1) is 11.7. The molecule has 2 aromatic heterocycles. The van der Waals surface area contributed by atoms with E-state index >= 15 is 0 Å². The molecule has 0 spiro atoms. The number of rotatable bonds is 4. The van der Waals surface area contributed by atoms with E-state index in [1.165, 1.54) is 10.3 Å². The molecule has 1 aromatic carbocycles. The summed E-state index contributed by atoms with van der Waals surface area (Å²) in [6, 6.07) is 6.52. The Morgan fingerprint density at radius 3 is 3.04 bits per heavy atom. The lowest BCUT2D eigenvalue weighted by molar-refractivity contribution is 0.415. The molecular weight excluding hydrogens is 338 g/mol. The molecule has 0 N–H and O–H groups in total. The van der Waals surface area contributed by atoms with Gasteiger partial charge in [0.2, 0.25) is 0 Å². The third-order valence-corrected chi connectivity index (χ3v) is 5.90. The molecule has 0 bridgehead atoms. The molecule has 0 aliphatic carbocycles. The van der Waals surface area contributed by atoms with Gasteiger partial charge in [-0.25, -0.2) is 4.98 Å². The predicted molar refractivity (Wildman–Crippen MR) is 101 cm³/mol. The normalized spacial score (nSPS) is 14.4. The lowest BCUT2D eigenvalue weighted by Gasteiger charge is -2.23. The smallest absolute Gasteiger partial charge is 0.150 e. The summed E-state index contributed by atoms with van der Waals surface area (Å²) in [5.41, 5.74) is 4.50. The molecule has 0 saturated heterocycles. The van der Waals surface area contributed by atoms with Gasteiger partial charge in [-0.1, -0.05) is 17.8 Å². The van der Waals surface area contributed by atoms with Crippen molar-refractivity contribution in [3.8, 4) is 0 Å². The van der Waals surface area contributed by atoms with Gasteiger partial charge in [0.05, 0.1) is 28.7 Å². The zero-order valence-corrected chi connectivity index (χ0v) is 15.1. The average molecular weight is 355 g/mol. The first-order valence-corrected chi connectivity index (χ1v) is 9.65. The SMILES string of the molecule is CSc1nc2ccc(CN3C=CN=C(c4cnn(C)c4)C3)cc2s1. The van der Waals surface area contributed by atoms with Gasteiger partial charge in [0.25, 0.3) is 0 Å². The van der Waals surface area contributed by atoms with Crippen molar-refractivity contribution in [2.24, 2.45) is 12.0 Å². The van der Waals surface area contributed by atoms with Crippen LogP contribution in [0.25, 0.3) is 10.2 Å². The van der Waals surface area contributed by atoms with E-state index < -0.39 is 0 Å². The van der Waals surface area contributed by atoms with E-state index in [9.17, 15) is 0 Å². The third-order valence-electron chi connectivity index (χ3n) is 3.89. The van der Waals surface area contributed by atoms with Gasteiger partial charge in [0, 0.05) is 37.8 Å². The van der Waals surface area contributed by atoms with Crippen molar-refractivity contribution in [2.75, 3.05) is 12.8 Å². The highest BCUT2D eigenvalue weighted by Gasteiger charge is 2.13. The Morgan fingerprint density at radius 1 is 1.33 bits per heavy atom. The standard InChI is InChI=1S/C17H17N5S2/c1-21-10-13(8-19-21)15-11-22(6-5-18-15)9-12-3-4-14-16(7-12)24-17(20-14)23-2/h3-8,10H,9,11H2,1-2H3. The number of aliphatic imine (C=N–C) groups is 1. The van der Waals surface area contributed by atoms with Crippen molar-refractivity contribution < 1.29 is 0 Å². The molecule has 0 saturated carbocycles. The van der Waals surface area contributed by atoms with Crippen molar-refractivity contribution in [1.82, 2.24) is 19.7 Å². The Bertz CT molecular complexity index is 938. The molecule has 7 heteroatoms. The summed E-state index contributed by atoms with van der Waals surface area (Å²) < 4.78 is 4.17. The summed E-state index contributed by atoms with van der Waals surface area (Å²) in [5, 5.41) is 4.23. The minimum absolute atomic E-state index is 0.791. The fraction of sp³-hybridized carbons (Fsp3) is 0.235. The van der Waals surface area contributed by atoms with Crippen LogP contribution in [0.4, 0.5) is 0 Å². The van der Waals surface area contributed by atoms with Gasteiger partial charge < -0.3 is 4.90 Å². The van der Waals surface area contributed by atoms with Crippen LogP contribution in [0.2, 0.25) is 0 Å². The second-order valence-electron chi connectivity index (χ2n) is 5.67. The molecule has 3 heterocycles. The van der Waals surface area contributed by atoms with E-state index in [0.29, 0.717) is 0 Å². The number of aryl methyl sites for hydroxylation is 1. The minimum Gasteiger partial charge on any atom is -0.366 e. The summed E-state index contributed by atoms with van der Waals surface area (Å²) in [7, 11) is 1.92. The van der Waals surface area contributed by atoms with Gasteiger partial charge in [0.1, 0.15) is 0 Å². The van der Waals surface area contributed by atoms with Crippen LogP contribution in [0, 0.1) is 0 Å². The molecule has 4 rings (SSSR count). The zero-order chi connectivity index (χ0) is 16.5. The van der Waals surface area contributed by atoms with Gasteiger partial charge in [0.15, 0.2) is 4.34 Å². The molecule has 0 fully saturated rings. The largest absolute Gasteiger partial charge is 0.366 e. The highest BCUT2D eigenvalue weighted by molar-refractivity contribution is 8.00. The lowest BCUT2D eigenvalue weighted by Crippen LogP contribution is -2.27. The molecule has 5 nitrogen and oxygen atoms in total. The van der Waals surface area contributed by atoms with Gasteiger partial charge in [-0.3, -0.25) is 9.67 Å². The Labute approximate surface area is 148 Å². The lowest BCUT2D eigenvalue weighted by atomic mass is 10.1. The summed E-state index contributed by atoms with van der Waals surface area (Å²) in [4.78, 5) is 11.4. The molecule has 0 atom stereocenters. The number of fused-ring (bicyclic) bond motifs is 1. The first kappa shape index (κ1) is 15.4. The monoisotopic (exact) mass is 355 g/mol. The maximum absolute atomic E-state index is 4.60. The number of thioether (sulfide) groups is 1. The van der Waals surface area contributed by atoms with E-state index in [4.69, 9.17) is 0 Å². The van der Waals surface area contributed by atoms with Gasteiger partial charge >= 0.3 is 0 Å². The predicted octanol–water partition coefficient (Wildman–Crippen LogP) is 3.53. The maximum Gasteiger partial charge on any atom is 0.150 e. The maximum atomic E-state index is 4.60. The molecule has 0 amide bonds. The highest BCUT2D eigenvalue weighted by atomic mass is 32.2. The van der Waals surface area contributed by atoms with Crippen LogP contribution >= 0.6 is 23.1 Å². The van der Waals surface area contributed by atoms with Crippen LogP contribution in [-0.4, -0.2) is 38.2 Å². The van der Waals surface area contributed by atoms with E-state index in [0.717, 1.165) is 34.2 Å². The van der Waals surface area contributed by atoms with Crippen molar-refractivity contribution in [3.63, 3.8) is 0 Å². The topological polar surface area (TPSA) is 46.3 Å². The quantitative estimate of drug-likeness (QED) is 0.672. The molecule has 1 aliphatic heterocycles. The molecular formula is C17H17N5S2. The van der Waals surface area contributed by atoms with Gasteiger partial charge in [-0.05, 0) is 24.0 Å². The summed E-state index contributed by atoms with van der Waals surface area (Å²) in [6.45, 7) is 1.65. The fourth-order valence-electron chi connectivity index (χ4n) is 2.72. The Kier molecular flexibility index (Phi) is 4.12. The summed E-state index contributed by atoms with van der Waals surface area (Å²) in [6.07, 6.45) is 9.84. The van der Waals surface area contributed by atoms with Crippen LogP contribution in [0.15, 0.2) is 52.3 Å². The second-order valence-corrected chi connectivity index (χ2v) is 7.75. The summed E-state index contributed by atoms with van der Waals surface area (Å²) in [5.74, 6) is 0. The third kappa shape index (κ3) is 3.09. The molecule has 0 radical (unpaired) electrons. The van der Waals surface area contributed by atoms with Crippen molar-refractivity contribution in [1.29, 1.82) is 0 Å². The Hall–Kier alpha value is -2.12. The Morgan fingerprint density at radius 2 is 2.25 bits per heavy atom. The Balaban J connectivity index is 1.51. The molecule has 122 valence electrons. The fourth-order valence-corrected chi connectivity index (χ4v) is 4.27. The zero-order valence-electron chi connectivity index (χ0n) is 13.5. The molecule has 1 aliphatic rings. The van der Waals surface area contributed by atoms with Gasteiger partial charge in [-0.15, -0.1) is 11.3 Å². The van der Waals surface area contributed by atoms with Crippen LogP contribution in [0.5, 0.6) is 0 Å². The molecule has 24 heavy (non-hydrogen) atoms. The highest BCUT2D eigenvalue weighted by Crippen LogP contribution is 2.29. The first-order valence-electron chi connectivity index (χ1n) is 7.61. The van der Waals surface area contributed by atoms with Crippen LogP contribution < -0.4 is 0 Å². The van der Waals surface area contributed by atoms with Gasteiger partial charge in [-0.2, -0.15) is 5.10 Å². The average Bonchev–Trinajstić information content (AvgIpc) is 3.20. The second kappa shape index (κ2) is 6.41. The number of hydrogen-bond acceptors (Lipinski definition) is 6. The van der Waals surface area contributed by atoms with Crippen molar-refractivity contribution in [2.45, 2.75) is 10.9 Å². The number of thiazole rings is 1. The van der Waals surface area contributed by atoms with Crippen molar-refractivity contribution in [3.05, 3.63) is 54.1 Å².